The lowest BCUT2D eigenvalue weighted by molar-refractivity contribution is -0.136. The van der Waals surface area contributed by atoms with Crippen molar-refractivity contribution >= 4 is 21.9 Å². The summed E-state index contributed by atoms with van der Waals surface area (Å²) in [5.74, 6) is -0.0340. The maximum Gasteiger partial charge on any atom is 0.309 e. The van der Waals surface area contributed by atoms with E-state index in [-0.39, 0.29) is 6.42 Å². The molecule has 4 nitrogen and oxygen atoms in total. The first-order chi connectivity index (χ1) is 8.54. The Labute approximate surface area is 113 Å². The third-order valence-electron chi connectivity index (χ3n) is 2.60. The molecule has 0 fully saturated rings. The van der Waals surface area contributed by atoms with Crippen LogP contribution in [0.4, 0.5) is 0 Å². The number of benzene rings is 1. The van der Waals surface area contributed by atoms with Crippen molar-refractivity contribution in [2.45, 2.75) is 19.9 Å². The highest BCUT2D eigenvalue weighted by Crippen LogP contribution is 2.14. The molecule has 0 spiro atoms. The number of aryl methyl sites for hydroxylation is 1. The van der Waals surface area contributed by atoms with Crippen LogP contribution in [0.2, 0.25) is 0 Å². The Hall–Kier alpha value is -1.62. The van der Waals surface area contributed by atoms with Gasteiger partial charge in [0.2, 0.25) is 0 Å². The number of hydrogen-bond donors (Lipinski definition) is 1. The smallest absolute Gasteiger partial charge is 0.309 e. The van der Waals surface area contributed by atoms with Gasteiger partial charge in [0, 0.05) is 17.2 Å². The summed E-state index contributed by atoms with van der Waals surface area (Å²) in [5, 5.41) is 8.74. The molecule has 0 aliphatic rings. The van der Waals surface area contributed by atoms with Gasteiger partial charge in [0.05, 0.1) is 12.1 Å². The molecule has 0 aliphatic heterocycles. The summed E-state index contributed by atoms with van der Waals surface area (Å²) in [6, 6.07) is 8.02. The molecule has 0 radical (unpaired) electrons. The molecule has 2 rings (SSSR count). The fraction of sp³-hybridized carbons (Fsp3) is 0.231. The molecule has 0 bridgehead atoms. The van der Waals surface area contributed by atoms with E-state index in [0.717, 1.165) is 15.9 Å². The Morgan fingerprint density at radius 3 is 2.94 bits per heavy atom. The van der Waals surface area contributed by atoms with Gasteiger partial charge in [-0.25, -0.2) is 4.98 Å². The van der Waals surface area contributed by atoms with Gasteiger partial charge in [0.25, 0.3) is 0 Å². The van der Waals surface area contributed by atoms with Gasteiger partial charge in [-0.2, -0.15) is 0 Å². The summed E-state index contributed by atoms with van der Waals surface area (Å²) in [7, 11) is 0. The number of halogens is 1. The monoisotopic (exact) mass is 308 g/mol. The van der Waals surface area contributed by atoms with Gasteiger partial charge in [-0.15, -0.1) is 0 Å². The zero-order valence-corrected chi connectivity index (χ0v) is 11.5. The van der Waals surface area contributed by atoms with Gasteiger partial charge in [0.15, 0.2) is 0 Å². The molecule has 0 unspecified atom stereocenters. The van der Waals surface area contributed by atoms with Crippen molar-refractivity contribution in [2.75, 3.05) is 0 Å². The third-order valence-corrected chi connectivity index (χ3v) is 3.09. The first kappa shape index (κ1) is 12.8. The van der Waals surface area contributed by atoms with Crippen LogP contribution in [0.3, 0.4) is 0 Å². The average Bonchev–Trinajstić information content (AvgIpc) is 2.58. The van der Waals surface area contributed by atoms with E-state index in [1.54, 1.807) is 6.20 Å². The third kappa shape index (κ3) is 3.20. The number of aromatic nitrogens is 2. The van der Waals surface area contributed by atoms with Crippen LogP contribution in [0.15, 0.2) is 34.9 Å². The first-order valence-corrected chi connectivity index (χ1v) is 6.33. The number of carbonyl (C=O) groups is 1. The highest BCUT2D eigenvalue weighted by atomic mass is 79.9. The SMILES string of the molecule is Cc1nc(CC(=O)O)cn1Cc1cccc(Br)c1. The lowest BCUT2D eigenvalue weighted by Crippen LogP contribution is -2.01. The largest absolute Gasteiger partial charge is 0.481 e. The molecule has 0 saturated heterocycles. The van der Waals surface area contributed by atoms with Crippen LogP contribution in [-0.4, -0.2) is 20.6 Å². The summed E-state index contributed by atoms with van der Waals surface area (Å²) >= 11 is 3.43. The molecule has 0 saturated carbocycles. The molecule has 1 heterocycles. The minimum absolute atomic E-state index is 0.0354. The van der Waals surface area contributed by atoms with E-state index in [2.05, 4.69) is 20.9 Å². The van der Waals surface area contributed by atoms with Crippen LogP contribution >= 0.6 is 15.9 Å². The molecule has 1 N–H and O–H groups in total. The molecular formula is C13H13BrN2O2. The highest BCUT2D eigenvalue weighted by molar-refractivity contribution is 9.10. The average molecular weight is 309 g/mol. The van der Waals surface area contributed by atoms with E-state index < -0.39 is 5.97 Å². The molecule has 18 heavy (non-hydrogen) atoms. The van der Waals surface area contributed by atoms with E-state index in [1.165, 1.54) is 0 Å². The molecule has 1 aromatic heterocycles. The highest BCUT2D eigenvalue weighted by Gasteiger charge is 2.08. The van der Waals surface area contributed by atoms with Crippen LogP contribution in [0.1, 0.15) is 17.1 Å². The van der Waals surface area contributed by atoms with Crippen molar-refractivity contribution in [3.63, 3.8) is 0 Å². The fourth-order valence-electron chi connectivity index (χ4n) is 1.81. The Morgan fingerprint density at radius 2 is 2.28 bits per heavy atom. The number of carboxylic acids is 1. The van der Waals surface area contributed by atoms with E-state index in [0.29, 0.717) is 12.2 Å². The van der Waals surface area contributed by atoms with Crippen LogP contribution in [-0.2, 0) is 17.8 Å². The summed E-state index contributed by atoms with van der Waals surface area (Å²) < 4.78 is 2.99. The van der Waals surface area contributed by atoms with Gasteiger partial charge in [-0.3, -0.25) is 4.79 Å². The van der Waals surface area contributed by atoms with E-state index in [1.807, 2.05) is 35.8 Å². The van der Waals surface area contributed by atoms with Crippen LogP contribution in [0, 0.1) is 6.92 Å². The van der Waals surface area contributed by atoms with Crippen molar-refractivity contribution in [1.29, 1.82) is 0 Å². The van der Waals surface area contributed by atoms with E-state index >= 15 is 0 Å². The molecule has 94 valence electrons. The Balaban J connectivity index is 2.19. The van der Waals surface area contributed by atoms with E-state index in [4.69, 9.17) is 5.11 Å². The number of rotatable bonds is 4. The predicted octanol–water partition coefficient (Wildman–Crippen LogP) is 2.63. The lowest BCUT2D eigenvalue weighted by atomic mass is 10.2. The Kier molecular flexibility index (Phi) is 3.81. The van der Waals surface area contributed by atoms with Crippen molar-refractivity contribution in [3.05, 3.63) is 52.0 Å². The molecule has 0 aliphatic carbocycles. The number of aliphatic carboxylic acids is 1. The summed E-state index contributed by atoms with van der Waals surface area (Å²) in [4.78, 5) is 14.9. The molecular weight excluding hydrogens is 296 g/mol. The van der Waals surface area contributed by atoms with E-state index in [9.17, 15) is 4.79 Å². The quantitative estimate of drug-likeness (QED) is 0.944. The molecule has 5 heteroatoms. The van der Waals surface area contributed by atoms with Gasteiger partial charge < -0.3 is 9.67 Å². The number of carboxylic acid groups (broad SMARTS) is 1. The summed E-state index contributed by atoms with van der Waals surface area (Å²) in [6.45, 7) is 2.57. The van der Waals surface area contributed by atoms with Crippen molar-refractivity contribution in [3.8, 4) is 0 Å². The fourth-order valence-corrected chi connectivity index (χ4v) is 2.25. The molecule has 1 aromatic carbocycles. The van der Waals surface area contributed by atoms with Gasteiger partial charge in [0.1, 0.15) is 5.82 Å². The molecule has 0 atom stereocenters. The van der Waals surface area contributed by atoms with Gasteiger partial charge in [-0.05, 0) is 24.6 Å². The second-order valence-corrected chi connectivity index (χ2v) is 5.02. The van der Waals surface area contributed by atoms with Crippen molar-refractivity contribution < 1.29 is 9.90 Å². The van der Waals surface area contributed by atoms with Gasteiger partial charge >= 0.3 is 5.97 Å². The maximum absolute atomic E-state index is 10.6. The zero-order valence-electron chi connectivity index (χ0n) is 9.93. The Morgan fingerprint density at radius 1 is 1.50 bits per heavy atom. The number of imidazole rings is 1. The Bertz CT molecular complexity index is 578. The predicted molar refractivity (Wildman–Crippen MR) is 71.5 cm³/mol. The molecule has 2 aromatic rings. The van der Waals surface area contributed by atoms with Crippen molar-refractivity contribution in [1.82, 2.24) is 9.55 Å². The molecule has 0 amide bonds. The lowest BCUT2D eigenvalue weighted by Gasteiger charge is -2.05. The minimum Gasteiger partial charge on any atom is -0.481 e. The summed E-state index contributed by atoms with van der Waals surface area (Å²) in [6.07, 6.45) is 1.76. The standard InChI is InChI=1S/C13H13BrN2O2/c1-9-15-12(6-13(17)18)8-16(9)7-10-3-2-4-11(14)5-10/h2-5,8H,6-7H2,1H3,(H,17,18). The zero-order chi connectivity index (χ0) is 13.1. The minimum atomic E-state index is -0.859. The second kappa shape index (κ2) is 5.35. The van der Waals surface area contributed by atoms with Crippen molar-refractivity contribution in [2.24, 2.45) is 0 Å². The van der Waals surface area contributed by atoms with Gasteiger partial charge in [-0.1, -0.05) is 28.1 Å². The normalized spacial score (nSPS) is 10.6. The summed E-state index contributed by atoms with van der Waals surface area (Å²) in [5.41, 5.74) is 1.74. The number of nitrogens with zero attached hydrogens (tertiary/aromatic N) is 2. The number of hydrogen-bond acceptors (Lipinski definition) is 2. The van der Waals surface area contributed by atoms with Crippen LogP contribution in [0.25, 0.3) is 0 Å². The first-order valence-electron chi connectivity index (χ1n) is 5.53. The maximum atomic E-state index is 10.6. The second-order valence-electron chi connectivity index (χ2n) is 4.11. The van der Waals surface area contributed by atoms with Crippen LogP contribution < -0.4 is 0 Å². The van der Waals surface area contributed by atoms with Crippen LogP contribution in [0.5, 0.6) is 0 Å². The topological polar surface area (TPSA) is 55.1 Å².